The number of sulfonamides is 1. The van der Waals surface area contributed by atoms with Crippen molar-refractivity contribution >= 4 is 15.9 Å². The van der Waals surface area contributed by atoms with E-state index in [0.717, 1.165) is 18.2 Å². The number of nitrogens with one attached hydrogen (secondary N) is 1. The van der Waals surface area contributed by atoms with Crippen molar-refractivity contribution < 1.29 is 17.6 Å². The van der Waals surface area contributed by atoms with Crippen molar-refractivity contribution in [1.29, 1.82) is 5.26 Å². The van der Waals surface area contributed by atoms with Crippen LogP contribution in [0.25, 0.3) is 0 Å². The number of unbranched alkanes of at least 4 members (excludes halogenated alkanes) is 1. The summed E-state index contributed by atoms with van der Waals surface area (Å²) in [7, 11) is -3.79. The average Bonchev–Trinajstić information content (AvgIpc) is 2.38. The Balaban J connectivity index is 2.65. The second-order valence-corrected chi connectivity index (χ2v) is 5.84. The van der Waals surface area contributed by atoms with E-state index < -0.39 is 21.7 Å². The quantitative estimate of drug-likeness (QED) is 0.719. The van der Waals surface area contributed by atoms with Crippen molar-refractivity contribution in [2.45, 2.75) is 24.2 Å². The Bertz CT molecular complexity index is 638. The van der Waals surface area contributed by atoms with E-state index in [4.69, 9.17) is 11.0 Å². The molecule has 0 atom stereocenters. The Kier molecular flexibility index (Phi) is 5.61. The van der Waals surface area contributed by atoms with Gasteiger partial charge in [-0.05, 0) is 31.0 Å². The van der Waals surface area contributed by atoms with Crippen LogP contribution in [0.2, 0.25) is 0 Å². The van der Waals surface area contributed by atoms with Gasteiger partial charge in [-0.15, -0.1) is 0 Å². The van der Waals surface area contributed by atoms with Crippen LogP contribution in [-0.4, -0.2) is 20.9 Å². The van der Waals surface area contributed by atoms with Crippen LogP contribution in [0.15, 0.2) is 23.1 Å². The first kappa shape index (κ1) is 16.1. The molecular formula is C12H14FN3O3S. The van der Waals surface area contributed by atoms with E-state index in [2.05, 4.69) is 4.72 Å². The molecule has 0 aliphatic rings. The van der Waals surface area contributed by atoms with Gasteiger partial charge in [0.2, 0.25) is 15.9 Å². The van der Waals surface area contributed by atoms with E-state index in [9.17, 15) is 17.6 Å². The molecule has 0 aliphatic heterocycles. The number of primary amides is 1. The number of rotatable bonds is 7. The fraction of sp³-hybridized carbons (Fsp3) is 0.333. The number of nitrogens with two attached hydrogens (primary N) is 1. The maximum Gasteiger partial charge on any atom is 0.240 e. The van der Waals surface area contributed by atoms with Gasteiger partial charge in [-0.3, -0.25) is 4.79 Å². The summed E-state index contributed by atoms with van der Waals surface area (Å²) < 4.78 is 39.2. The van der Waals surface area contributed by atoms with Gasteiger partial charge in [0.25, 0.3) is 0 Å². The van der Waals surface area contributed by atoms with Crippen molar-refractivity contribution in [2.24, 2.45) is 5.73 Å². The Labute approximate surface area is 116 Å². The van der Waals surface area contributed by atoms with E-state index in [1.165, 1.54) is 0 Å². The molecule has 1 aromatic rings. The predicted molar refractivity (Wildman–Crippen MR) is 69.3 cm³/mol. The van der Waals surface area contributed by atoms with Crippen molar-refractivity contribution in [1.82, 2.24) is 4.72 Å². The summed E-state index contributed by atoms with van der Waals surface area (Å²) in [5.74, 6) is -1.21. The standard InChI is InChI=1S/C12H14FN3O3S/c13-11-5-4-10(7-9(11)8-14)20(18,19)16-6-2-1-3-12(15)17/h4-5,7,16H,1-3,6H2,(H2,15,17). The molecule has 1 rings (SSSR count). The van der Waals surface area contributed by atoms with Crippen LogP contribution >= 0.6 is 0 Å². The second kappa shape index (κ2) is 6.98. The number of halogens is 1. The summed E-state index contributed by atoms with van der Waals surface area (Å²) in [6, 6.07) is 4.57. The van der Waals surface area contributed by atoms with Crippen LogP contribution < -0.4 is 10.5 Å². The van der Waals surface area contributed by atoms with Crippen molar-refractivity contribution in [2.75, 3.05) is 6.54 Å². The van der Waals surface area contributed by atoms with Gasteiger partial charge in [-0.1, -0.05) is 0 Å². The molecule has 0 saturated heterocycles. The smallest absolute Gasteiger partial charge is 0.240 e. The SMILES string of the molecule is N#Cc1cc(S(=O)(=O)NCCCCC(N)=O)ccc1F. The van der Waals surface area contributed by atoms with Gasteiger partial charge in [0.1, 0.15) is 11.9 Å². The molecule has 0 bridgehead atoms. The van der Waals surface area contributed by atoms with Gasteiger partial charge in [0.15, 0.2) is 0 Å². The topological polar surface area (TPSA) is 113 Å². The summed E-state index contributed by atoms with van der Waals surface area (Å²) in [5, 5.41) is 8.66. The maximum atomic E-state index is 13.1. The van der Waals surface area contributed by atoms with Crippen molar-refractivity contribution in [3.8, 4) is 6.07 Å². The Morgan fingerprint density at radius 1 is 1.40 bits per heavy atom. The Morgan fingerprint density at radius 2 is 2.10 bits per heavy atom. The molecule has 6 nitrogen and oxygen atoms in total. The molecule has 0 radical (unpaired) electrons. The first-order valence-electron chi connectivity index (χ1n) is 5.84. The molecule has 0 unspecified atom stereocenters. The van der Waals surface area contributed by atoms with Gasteiger partial charge in [0.05, 0.1) is 10.5 Å². The average molecular weight is 299 g/mol. The number of carbonyl (C=O) groups is 1. The third kappa shape index (κ3) is 4.60. The van der Waals surface area contributed by atoms with E-state index >= 15 is 0 Å². The zero-order valence-electron chi connectivity index (χ0n) is 10.6. The summed E-state index contributed by atoms with van der Waals surface area (Å²) in [6.45, 7) is 0.134. The molecule has 0 aromatic heterocycles. The normalized spacial score (nSPS) is 11.0. The van der Waals surface area contributed by atoms with Gasteiger partial charge >= 0.3 is 0 Å². The molecule has 0 spiro atoms. The van der Waals surface area contributed by atoms with Crippen LogP contribution in [0, 0.1) is 17.1 Å². The molecule has 8 heteroatoms. The highest BCUT2D eigenvalue weighted by Gasteiger charge is 2.15. The molecule has 108 valence electrons. The van der Waals surface area contributed by atoms with Crippen LogP contribution in [0.4, 0.5) is 4.39 Å². The van der Waals surface area contributed by atoms with Crippen LogP contribution in [0.1, 0.15) is 24.8 Å². The Hall–Kier alpha value is -1.98. The van der Waals surface area contributed by atoms with E-state index in [0.29, 0.717) is 12.8 Å². The van der Waals surface area contributed by atoms with Crippen LogP contribution in [0.3, 0.4) is 0 Å². The van der Waals surface area contributed by atoms with Gasteiger partial charge in [-0.2, -0.15) is 5.26 Å². The fourth-order valence-electron chi connectivity index (χ4n) is 1.47. The first-order chi connectivity index (χ1) is 9.36. The lowest BCUT2D eigenvalue weighted by atomic mass is 10.2. The largest absolute Gasteiger partial charge is 0.370 e. The zero-order chi connectivity index (χ0) is 15.2. The summed E-state index contributed by atoms with van der Waals surface area (Å²) in [5.41, 5.74) is 4.62. The highest BCUT2D eigenvalue weighted by atomic mass is 32.2. The van der Waals surface area contributed by atoms with E-state index in [-0.39, 0.29) is 23.4 Å². The van der Waals surface area contributed by atoms with Gasteiger partial charge < -0.3 is 5.73 Å². The molecule has 3 N–H and O–H groups in total. The fourth-order valence-corrected chi connectivity index (χ4v) is 2.57. The maximum absolute atomic E-state index is 13.1. The lowest BCUT2D eigenvalue weighted by molar-refractivity contribution is -0.118. The summed E-state index contributed by atoms with van der Waals surface area (Å²) >= 11 is 0. The number of nitriles is 1. The van der Waals surface area contributed by atoms with Crippen molar-refractivity contribution in [3.05, 3.63) is 29.6 Å². The van der Waals surface area contributed by atoms with Gasteiger partial charge in [0, 0.05) is 13.0 Å². The highest BCUT2D eigenvalue weighted by molar-refractivity contribution is 7.89. The third-order valence-electron chi connectivity index (χ3n) is 2.51. The van der Waals surface area contributed by atoms with Crippen LogP contribution in [0.5, 0.6) is 0 Å². The van der Waals surface area contributed by atoms with E-state index in [1.807, 2.05) is 0 Å². The summed E-state index contributed by atoms with van der Waals surface area (Å²) in [6.07, 6.45) is 1.12. The van der Waals surface area contributed by atoms with Crippen LogP contribution in [-0.2, 0) is 14.8 Å². The minimum atomic E-state index is -3.79. The Morgan fingerprint density at radius 3 is 2.70 bits per heavy atom. The molecule has 0 saturated carbocycles. The first-order valence-corrected chi connectivity index (χ1v) is 7.33. The number of nitrogens with zero attached hydrogens (tertiary/aromatic N) is 1. The minimum Gasteiger partial charge on any atom is -0.370 e. The highest BCUT2D eigenvalue weighted by Crippen LogP contribution is 2.14. The minimum absolute atomic E-state index is 0.134. The van der Waals surface area contributed by atoms with Crippen molar-refractivity contribution in [3.63, 3.8) is 0 Å². The van der Waals surface area contributed by atoms with Gasteiger partial charge in [-0.25, -0.2) is 17.5 Å². The molecular weight excluding hydrogens is 285 g/mol. The lowest BCUT2D eigenvalue weighted by Crippen LogP contribution is -2.25. The molecule has 0 heterocycles. The predicted octanol–water partition coefficient (Wildman–Crippen LogP) is 0.631. The summed E-state index contributed by atoms with van der Waals surface area (Å²) in [4.78, 5) is 10.3. The zero-order valence-corrected chi connectivity index (χ0v) is 11.4. The lowest BCUT2D eigenvalue weighted by Gasteiger charge is -2.07. The number of benzene rings is 1. The number of amides is 1. The third-order valence-corrected chi connectivity index (χ3v) is 3.97. The number of carbonyl (C=O) groups excluding carboxylic acids is 1. The number of hydrogen-bond acceptors (Lipinski definition) is 4. The molecule has 0 fully saturated rings. The van der Waals surface area contributed by atoms with E-state index in [1.54, 1.807) is 6.07 Å². The second-order valence-electron chi connectivity index (χ2n) is 4.07. The molecule has 1 amide bonds. The molecule has 0 aliphatic carbocycles. The molecule has 1 aromatic carbocycles. The molecule has 20 heavy (non-hydrogen) atoms. The number of hydrogen-bond donors (Lipinski definition) is 2. The monoisotopic (exact) mass is 299 g/mol.